The average Bonchev–Trinajstić information content (AvgIpc) is 0. The van der Waals surface area contributed by atoms with Crippen molar-refractivity contribution in [3.63, 3.8) is 0 Å². The monoisotopic (exact) mass is 209 g/mol. The molecule has 0 saturated heterocycles. The van der Waals surface area contributed by atoms with Crippen molar-refractivity contribution >= 4 is 11.0 Å². The third kappa shape index (κ3) is 1330. The third-order valence-electron chi connectivity index (χ3n) is 0. The van der Waals surface area contributed by atoms with E-state index in [9.17, 15) is 0 Å². The Morgan fingerprint density at radius 1 is 0.333 bits per heavy atom. The Hall–Kier alpha value is 0.521. The van der Waals surface area contributed by atoms with Crippen LogP contribution in [0.5, 0.6) is 0 Å². The van der Waals surface area contributed by atoms with E-state index in [0.29, 0.717) is 0 Å². The molecule has 0 aromatic heterocycles. The Morgan fingerprint density at radius 3 is 0.333 bits per heavy atom. The molecule has 0 fully saturated rings. The number of rotatable bonds is 0. The molecule has 9 heteroatoms. The zero-order valence-corrected chi connectivity index (χ0v) is 5.34. The first kappa shape index (κ1) is 2540. The molecule has 1 radical (unpaired) electrons. The molecule has 7 nitrogen and oxygen atoms in total. The maximum Gasteiger partial charge on any atom is 0 e. The Balaban J connectivity index is 0. The van der Waals surface area contributed by atoms with Crippen LogP contribution < -0.4 is 0 Å². The van der Waals surface area contributed by atoms with Crippen LogP contribution in [0.1, 0.15) is 0 Å². The quantitative estimate of drug-likeness (QED) is 0.339. The van der Waals surface area contributed by atoms with Crippen LogP contribution in [0.4, 0.5) is 0 Å². The second-order valence-electron chi connectivity index (χ2n) is 0. The molecule has 0 saturated carbocycles. The number of hydrogen-bond acceptors (Lipinski definition) is 0. The Bertz CT molecular complexity index is 8.88. The third-order valence-corrected chi connectivity index (χ3v) is 0. The summed E-state index contributed by atoms with van der Waals surface area (Å²) in [7, 11) is 0. The summed E-state index contributed by atoms with van der Waals surface area (Å²) in [5.41, 5.74) is 0. The molecule has 0 unspecified atom stereocenters. The maximum absolute atomic E-state index is 0. The predicted octanol–water partition coefficient (Wildman–Crippen LogP) is -7.23. The Labute approximate surface area is 68.5 Å². The van der Waals surface area contributed by atoms with Gasteiger partial charge in [-0.1, -0.05) is 0 Å². The van der Waals surface area contributed by atoms with Crippen LogP contribution in [0.15, 0.2) is 0 Å². The number of hydrogen-bond donors (Lipinski definition) is 0. The van der Waals surface area contributed by atoms with Gasteiger partial charge in [-0.05, 0) is 11.0 Å². The van der Waals surface area contributed by atoms with Gasteiger partial charge in [-0.25, -0.2) is 0 Å². The van der Waals surface area contributed by atoms with E-state index >= 15 is 0 Å². The van der Waals surface area contributed by atoms with Crippen molar-refractivity contribution in [3.05, 3.63) is 0 Å². The summed E-state index contributed by atoms with van der Waals surface area (Å²) in [6, 6.07) is 0. The summed E-state index contributed by atoms with van der Waals surface area (Å²) in [6.45, 7) is 0. The van der Waals surface area contributed by atoms with Crippen LogP contribution in [0.25, 0.3) is 0 Å². The van der Waals surface area contributed by atoms with Crippen molar-refractivity contribution in [1.82, 2.24) is 0 Å². The van der Waals surface area contributed by atoms with Crippen molar-refractivity contribution in [1.29, 1.82) is 0 Å². The van der Waals surface area contributed by atoms with E-state index in [0.717, 1.165) is 0 Å². The molecule has 0 spiro atoms. The molecular weight excluding hydrogens is 191 g/mol. The van der Waals surface area contributed by atoms with Crippen LogP contribution in [0, 0.1) is 0 Å². The second-order valence-corrected chi connectivity index (χ2v) is 0. The largest absolute Gasteiger partial charge is 0.412 e. The molecule has 0 amide bonds. The first-order valence-electron chi connectivity index (χ1n) is 0. The van der Waals surface area contributed by atoms with E-state index < -0.39 is 0 Å². The van der Waals surface area contributed by atoms with Gasteiger partial charge in [-0.3, -0.25) is 0 Å². The van der Waals surface area contributed by atoms with Gasteiger partial charge in [-0.2, -0.15) is 0 Å². The van der Waals surface area contributed by atoms with Crippen LogP contribution in [-0.4, -0.2) is 49.3 Å². The minimum absolute atomic E-state index is 0. The molecule has 69 valence electrons. The Morgan fingerprint density at radius 2 is 0.333 bits per heavy atom. The van der Waals surface area contributed by atoms with Crippen molar-refractivity contribution in [3.8, 4) is 0 Å². The maximum atomic E-state index is 0. The molecule has 0 rings (SSSR count). The molecular formula is H18O7SiV. The fraction of sp³-hybridized carbons (Fsp3) is 0. The molecule has 0 aliphatic carbocycles. The second kappa shape index (κ2) is 1770. The van der Waals surface area contributed by atoms with E-state index in [1.807, 2.05) is 0 Å². The summed E-state index contributed by atoms with van der Waals surface area (Å²) < 4.78 is 0. The first-order chi connectivity index (χ1) is 0. The van der Waals surface area contributed by atoms with Gasteiger partial charge in [0.05, 0.1) is 0 Å². The van der Waals surface area contributed by atoms with Gasteiger partial charge in [0.1, 0.15) is 0 Å². The first-order valence-corrected chi connectivity index (χ1v) is 0. The molecule has 0 heterocycles. The summed E-state index contributed by atoms with van der Waals surface area (Å²) >= 11 is 0. The summed E-state index contributed by atoms with van der Waals surface area (Å²) in [5.74, 6) is 0. The fourth-order valence-electron chi connectivity index (χ4n) is 0. The van der Waals surface area contributed by atoms with Gasteiger partial charge < -0.3 is 38.3 Å². The standard InChI is InChI=1S/7H2O.H4Si.V/h7*1H2;1H4;. The van der Waals surface area contributed by atoms with E-state index in [4.69, 9.17) is 0 Å². The normalized spacial score (nSPS) is 0. The van der Waals surface area contributed by atoms with Gasteiger partial charge >= 0.3 is 0 Å². The van der Waals surface area contributed by atoms with Crippen molar-refractivity contribution in [2.75, 3.05) is 0 Å². The van der Waals surface area contributed by atoms with Gasteiger partial charge in [0.25, 0.3) is 0 Å². The minimum atomic E-state index is 0. The molecule has 0 aromatic carbocycles. The van der Waals surface area contributed by atoms with Crippen LogP contribution in [0.2, 0.25) is 0 Å². The van der Waals surface area contributed by atoms with Gasteiger partial charge in [0, 0.05) is 18.6 Å². The van der Waals surface area contributed by atoms with Crippen LogP contribution >= 0.6 is 0 Å². The zero-order chi connectivity index (χ0) is 0. The summed E-state index contributed by atoms with van der Waals surface area (Å²) in [5, 5.41) is 0. The van der Waals surface area contributed by atoms with E-state index in [2.05, 4.69) is 0 Å². The fourth-order valence-corrected chi connectivity index (χ4v) is 0. The van der Waals surface area contributed by atoms with Crippen LogP contribution in [-0.2, 0) is 18.6 Å². The summed E-state index contributed by atoms with van der Waals surface area (Å²) in [6.07, 6.45) is 0. The molecule has 0 bridgehead atoms. The Kier molecular flexibility index (Phi) is 501000. The molecule has 0 aliphatic heterocycles. The van der Waals surface area contributed by atoms with Gasteiger partial charge in [0.2, 0.25) is 0 Å². The summed E-state index contributed by atoms with van der Waals surface area (Å²) in [4.78, 5) is 0. The SMILES string of the molecule is O.O.O.O.O.O.O.[SiH4].[V]. The molecule has 14 N–H and O–H groups in total. The molecule has 0 atom stereocenters. The minimum Gasteiger partial charge on any atom is -0.412 e. The zero-order valence-electron chi connectivity index (χ0n) is 3.95. The topological polar surface area (TPSA) is 220 Å². The molecule has 0 aliphatic rings. The molecule has 9 heavy (non-hydrogen) atoms. The smallest absolute Gasteiger partial charge is 0 e. The van der Waals surface area contributed by atoms with Crippen molar-refractivity contribution < 1.29 is 56.9 Å². The van der Waals surface area contributed by atoms with Gasteiger partial charge in [-0.15, -0.1) is 0 Å². The van der Waals surface area contributed by atoms with Crippen LogP contribution in [0.3, 0.4) is 0 Å². The van der Waals surface area contributed by atoms with Gasteiger partial charge in [0.15, 0.2) is 0 Å². The molecule has 0 aromatic rings. The van der Waals surface area contributed by atoms with E-state index in [-0.39, 0.29) is 67.9 Å². The van der Waals surface area contributed by atoms with Crippen molar-refractivity contribution in [2.45, 2.75) is 0 Å². The van der Waals surface area contributed by atoms with E-state index in [1.165, 1.54) is 0 Å². The predicted molar refractivity (Wildman–Crippen MR) is 36.6 cm³/mol. The average molecular weight is 209 g/mol. The van der Waals surface area contributed by atoms with Crippen molar-refractivity contribution in [2.24, 2.45) is 0 Å². The van der Waals surface area contributed by atoms with E-state index in [1.54, 1.807) is 0 Å².